The highest BCUT2D eigenvalue weighted by Gasteiger charge is 2.18. The Morgan fingerprint density at radius 3 is 2.95 bits per heavy atom. The maximum Gasteiger partial charge on any atom is 0.329 e. The van der Waals surface area contributed by atoms with Gasteiger partial charge in [-0.1, -0.05) is 0 Å². The second-order valence-corrected chi connectivity index (χ2v) is 3.95. The molecule has 0 spiro atoms. The molecule has 0 radical (unpaired) electrons. The van der Waals surface area contributed by atoms with E-state index in [-0.39, 0.29) is 30.1 Å². The number of hydrogen-bond donors (Lipinski definition) is 3. The zero-order valence-electron chi connectivity index (χ0n) is 10.4. The van der Waals surface area contributed by atoms with Crippen molar-refractivity contribution in [3.8, 4) is 0 Å². The molecule has 0 saturated carbocycles. The highest BCUT2D eigenvalue weighted by Crippen LogP contribution is 2.23. The lowest BCUT2D eigenvalue weighted by Gasteiger charge is -2.15. The van der Waals surface area contributed by atoms with Crippen molar-refractivity contribution >= 4 is 17.5 Å². The molecule has 0 fully saturated rings. The predicted molar refractivity (Wildman–Crippen MR) is 69.9 cm³/mol. The van der Waals surface area contributed by atoms with E-state index < -0.39 is 4.92 Å². The van der Waals surface area contributed by atoms with Crippen molar-refractivity contribution in [2.24, 2.45) is 0 Å². The van der Waals surface area contributed by atoms with E-state index in [4.69, 9.17) is 15.3 Å². The fourth-order valence-electron chi connectivity index (χ4n) is 1.66. The lowest BCUT2D eigenvalue weighted by molar-refractivity contribution is -0.384. The van der Waals surface area contributed by atoms with Crippen molar-refractivity contribution in [1.82, 2.24) is 9.97 Å². The number of hydrogen-bond acceptors (Lipinski definition) is 8. The maximum atomic E-state index is 10.6. The number of nitrogens with zero attached hydrogens (tertiary/aromatic N) is 3. The Morgan fingerprint density at radius 2 is 2.40 bits per heavy atom. The minimum Gasteiger partial charge on any atom is -0.467 e. The number of anilines is 2. The number of nitrogens with one attached hydrogen (secondary N) is 1. The summed E-state index contributed by atoms with van der Waals surface area (Å²) in [6.07, 6.45) is 2.91. The van der Waals surface area contributed by atoms with Crippen molar-refractivity contribution < 1.29 is 14.4 Å². The molecule has 9 nitrogen and oxygen atoms in total. The molecule has 2 heterocycles. The van der Waals surface area contributed by atoms with E-state index in [1.54, 1.807) is 12.1 Å². The summed E-state index contributed by atoms with van der Waals surface area (Å²) in [4.78, 5) is 17.6. The molecule has 4 N–H and O–H groups in total. The molecule has 2 rings (SSSR count). The van der Waals surface area contributed by atoms with Crippen LogP contribution in [0.2, 0.25) is 0 Å². The van der Waals surface area contributed by atoms with Gasteiger partial charge in [-0.15, -0.1) is 0 Å². The van der Waals surface area contributed by atoms with Gasteiger partial charge >= 0.3 is 5.69 Å². The van der Waals surface area contributed by atoms with Crippen LogP contribution >= 0.6 is 0 Å². The molecule has 0 aliphatic heterocycles. The van der Waals surface area contributed by atoms with Gasteiger partial charge < -0.3 is 20.6 Å². The Morgan fingerprint density at radius 1 is 1.60 bits per heavy atom. The lowest BCUT2D eigenvalue weighted by Crippen LogP contribution is -2.14. The van der Waals surface area contributed by atoms with Crippen LogP contribution in [0.25, 0.3) is 0 Å². The first-order valence-corrected chi connectivity index (χ1v) is 5.79. The van der Waals surface area contributed by atoms with Crippen molar-refractivity contribution in [2.45, 2.75) is 12.5 Å². The van der Waals surface area contributed by atoms with Crippen LogP contribution in [0.3, 0.4) is 0 Å². The molecule has 1 atom stereocenters. The number of nitro groups is 1. The Kier molecular flexibility index (Phi) is 4.11. The minimum atomic E-state index is -0.656. The molecule has 106 valence electrons. The highest BCUT2D eigenvalue weighted by molar-refractivity contribution is 5.53. The maximum absolute atomic E-state index is 10.6. The summed E-state index contributed by atoms with van der Waals surface area (Å²) in [5, 5.41) is 22.6. The largest absolute Gasteiger partial charge is 0.467 e. The van der Waals surface area contributed by atoms with Crippen molar-refractivity contribution in [3.63, 3.8) is 0 Å². The molecule has 0 aromatic carbocycles. The highest BCUT2D eigenvalue weighted by atomic mass is 16.6. The second-order valence-electron chi connectivity index (χ2n) is 3.95. The van der Waals surface area contributed by atoms with E-state index in [9.17, 15) is 10.1 Å². The predicted octanol–water partition coefficient (Wildman–Crippen LogP) is 1.10. The first kappa shape index (κ1) is 13.7. The zero-order valence-corrected chi connectivity index (χ0v) is 10.4. The molecule has 0 amide bonds. The van der Waals surface area contributed by atoms with Gasteiger partial charge in [-0.25, -0.2) is 4.98 Å². The zero-order chi connectivity index (χ0) is 14.5. The molecule has 20 heavy (non-hydrogen) atoms. The third-order valence-electron chi connectivity index (χ3n) is 2.60. The smallest absolute Gasteiger partial charge is 0.329 e. The number of aromatic nitrogens is 2. The van der Waals surface area contributed by atoms with Gasteiger partial charge in [0, 0.05) is 6.61 Å². The number of rotatable bonds is 6. The fraction of sp³-hybridized carbons (Fsp3) is 0.273. The van der Waals surface area contributed by atoms with Crippen LogP contribution in [0, 0.1) is 10.1 Å². The summed E-state index contributed by atoms with van der Waals surface area (Å²) < 4.78 is 5.24. The van der Waals surface area contributed by atoms with Gasteiger partial charge in [0.05, 0.1) is 17.2 Å². The molecule has 2 aromatic rings. The Balaban J connectivity index is 2.19. The van der Waals surface area contributed by atoms with Gasteiger partial charge in [-0.05, 0) is 18.6 Å². The van der Waals surface area contributed by atoms with Crippen LogP contribution in [0.15, 0.2) is 29.0 Å². The third kappa shape index (κ3) is 3.01. The summed E-state index contributed by atoms with van der Waals surface area (Å²) in [5.41, 5.74) is 5.13. The van der Waals surface area contributed by atoms with Crippen LogP contribution in [0.4, 0.5) is 17.5 Å². The molecule has 9 heteroatoms. The number of furan rings is 1. The number of nitrogen functional groups attached to an aromatic ring is 1. The SMILES string of the molecule is Nc1nc(NC(CCO)c2ccco2)ncc1[N+](=O)[O-]. The average molecular weight is 279 g/mol. The first-order valence-electron chi connectivity index (χ1n) is 5.79. The summed E-state index contributed by atoms with van der Waals surface area (Å²) >= 11 is 0. The molecule has 1 unspecified atom stereocenters. The molecule has 0 aliphatic rings. The van der Waals surface area contributed by atoms with Crippen molar-refractivity contribution in [3.05, 3.63) is 40.5 Å². The van der Waals surface area contributed by atoms with Crippen molar-refractivity contribution in [1.29, 1.82) is 0 Å². The molecule has 2 aromatic heterocycles. The van der Waals surface area contributed by atoms with E-state index in [2.05, 4.69) is 15.3 Å². The van der Waals surface area contributed by atoms with Gasteiger partial charge in [-0.2, -0.15) is 4.98 Å². The molecular weight excluding hydrogens is 266 g/mol. The van der Waals surface area contributed by atoms with E-state index in [0.29, 0.717) is 12.2 Å². The van der Waals surface area contributed by atoms with Gasteiger partial charge in [0.2, 0.25) is 11.8 Å². The van der Waals surface area contributed by atoms with Crippen LogP contribution in [-0.4, -0.2) is 26.6 Å². The Bertz CT molecular complexity index is 587. The molecule has 0 aliphatic carbocycles. The van der Waals surface area contributed by atoms with Crippen LogP contribution in [0.1, 0.15) is 18.2 Å². The van der Waals surface area contributed by atoms with Crippen molar-refractivity contribution in [2.75, 3.05) is 17.7 Å². The monoisotopic (exact) mass is 279 g/mol. The standard InChI is InChI=1S/C11H13N5O4/c12-10-8(16(18)19)6-13-11(15-10)14-7(3-4-17)9-2-1-5-20-9/h1-2,5-7,17H,3-4H2,(H3,12,13,14,15). The normalized spacial score (nSPS) is 12.1. The summed E-state index contributed by atoms with van der Waals surface area (Å²) in [6, 6.07) is 3.10. The van der Waals surface area contributed by atoms with E-state index in [1.165, 1.54) is 6.26 Å². The number of aliphatic hydroxyl groups excluding tert-OH is 1. The second kappa shape index (κ2) is 5.97. The summed E-state index contributed by atoms with van der Waals surface area (Å²) in [6.45, 7) is -0.0686. The topological polar surface area (TPSA) is 140 Å². The Hall–Kier alpha value is -2.68. The summed E-state index contributed by atoms with van der Waals surface area (Å²) in [7, 11) is 0. The number of aliphatic hydroxyl groups is 1. The van der Waals surface area contributed by atoms with E-state index >= 15 is 0 Å². The van der Waals surface area contributed by atoms with Gasteiger partial charge in [0.1, 0.15) is 12.0 Å². The Labute approximate surface area is 113 Å². The van der Waals surface area contributed by atoms with E-state index in [1.807, 2.05) is 0 Å². The van der Waals surface area contributed by atoms with Gasteiger partial charge in [-0.3, -0.25) is 10.1 Å². The van der Waals surface area contributed by atoms with Gasteiger partial charge in [0.25, 0.3) is 0 Å². The first-order chi connectivity index (χ1) is 9.61. The average Bonchev–Trinajstić information content (AvgIpc) is 2.91. The molecule has 0 bridgehead atoms. The van der Waals surface area contributed by atoms with Crippen LogP contribution in [-0.2, 0) is 0 Å². The van der Waals surface area contributed by atoms with Crippen LogP contribution in [0.5, 0.6) is 0 Å². The lowest BCUT2D eigenvalue weighted by atomic mass is 10.1. The molecule has 0 saturated heterocycles. The van der Waals surface area contributed by atoms with Gasteiger partial charge in [0.15, 0.2) is 0 Å². The fourth-order valence-corrected chi connectivity index (χ4v) is 1.66. The number of nitrogens with two attached hydrogens (primary N) is 1. The molecular formula is C11H13N5O4. The van der Waals surface area contributed by atoms with E-state index in [0.717, 1.165) is 6.20 Å². The summed E-state index contributed by atoms with van der Waals surface area (Å²) in [5.74, 6) is 0.497. The third-order valence-corrected chi connectivity index (χ3v) is 2.60. The van der Waals surface area contributed by atoms with Crippen LogP contribution < -0.4 is 11.1 Å². The minimum absolute atomic E-state index is 0.0686. The quantitative estimate of drug-likeness (QED) is 0.527.